The van der Waals surface area contributed by atoms with E-state index in [2.05, 4.69) is 13.8 Å². The van der Waals surface area contributed by atoms with Crippen molar-refractivity contribution >= 4 is 5.97 Å². The van der Waals surface area contributed by atoms with Crippen molar-refractivity contribution < 1.29 is 9.90 Å². The molecule has 1 N–H and O–H groups in total. The van der Waals surface area contributed by atoms with Gasteiger partial charge in [0.25, 0.3) is 0 Å². The lowest BCUT2D eigenvalue weighted by atomic mass is 9.89. The summed E-state index contributed by atoms with van der Waals surface area (Å²) in [6, 6.07) is 0.150. The zero-order valence-electron chi connectivity index (χ0n) is 9.95. The van der Waals surface area contributed by atoms with E-state index in [0.29, 0.717) is 12.3 Å². The van der Waals surface area contributed by atoms with E-state index >= 15 is 0 Å². The largest absolute Gasteiger partial charge is 0.481 e. The Morgan fingerprint density at radius 3 is 2.07 bits per heavy atom. The van der Waals surface area contributed by atoms with E-state index in [1.807, 2.05) is 25.9 Å². The van der Waals surface area contributed by atoms with Crippen molar-refractivity contribution in [2.45, 2.75) is 39.7 Å². The van der Waals surface area contributed by atoms with Gasteiger partial charge in [0.05, 0.1) is 5.92 Å². The second kappa shape index (κ2) is 6.02. The third-order valence-corrected chi connectivity index (χ3v) is 2.60. The van der Waals surface area contributed by atoms with Crippen LogP contribution >= 0.6 is 0 Å². The molecule has 0 aliphatic rings. The van der Waals surface area contributed by atoms with Crippen LogP contribution in [0.4, 0.5) is 0 Å². The molecule has 3 heteroatoms. The number of carboxylic acid groups (broad SMARTS) is 1. The monoisotopic (exact) mass is 201 g/mol. The molecule has 0 aliphatic heterocycles. The van der Waals surface area contributed by atoms with Gasteiger partial charge in [-0.3, -0.25) is 4.79 Å². The number of rotatable bonds is 6. The maximum Gasteiger partial charge on any atom is 0.308 e. The van der Waals surface area contributed by atoms with Crippen molar-refractivity contribution in [1.82, 2.24) is 4.90 Å². The molecule has 2 atom stereocenters. The number of carbonyl (C=O) groups is 1. The van der Waals surface area contributed by atoms with Crippen LogP contribution in [0.5, 0.6) is 0 Å². The Morgan fingerprint density at radius 1 is 1.36 bits per heavy atom. The summed E-state index contributed by atoms with van der Waals surface area (Å²) in [6.07, 6.45) is 1.64. The highest BCUT2D eigenvalue weighted by Crippen LogP contribution is 2.20. The Bertz CT molecular complexity index is 178. The molecule has 2 unspecified atom stereocenters. The van der Waals surface area contributed by atoms with Gasteiger partial charge in [0, 0.05) is 6.04 Å². The average Bonchev–Trinajstić information content (AvgIpc) is 2.02. The molecule has 0 amide bonds. The standard InChI is InChI=1S/C11H23NO2/c1-6-9(11(13)14)10(12(4)5)7-8(2)3/h8-10H,6-7H2,1-5H3,(H,13,14). The van der Waals surface area contributed by atoms with E-state index in [9.17, 15) is 4.79 Å². The average molecular weight is 201 g/mol. The molecule has 0 heterocycles. The molecule has 0 aromatic heterocycles. The molecule has 0 saturated heterocycles. The van der Waals surface area contributed by atoms with Crippen LogP contribution < -0.4 is 0 Å². The SMILES string of the molecule is CCC(C(=O)O)C(CC(C)C)N(C)C. The number of nitrogens with zero attached hydrogens (tertiary/aromatic N) is 1. The fraction of sp³-hybridized carbons (Fsp3) is 0.909. The smallest absolute Gasteiger partial charge is 0.308 e. The first-order chi connectivity index (χ1) is 6.40. The first-order valence-corrected chi connectivity index (χ1v) is 5.29. The van der Waals surface area contributed by atoms with Gasteiger partial charge in [-0.2, -0.15) is 0 Å². The molecule has 3 nitrogen and oxygen atoms in total. The van der Waals surface area contributed by atoms with Gasteiger partial charge >= 0.3 is 5.97 Å². The number of carboxylic acids is 1. The van der Waals surface area contributed by atoms with Crippen LogP contribution in [0.25, 0.3) is 0 Å². The minimum absolute atomic E-state index is 0.150. The van der Waals surface area contributed by atoms with E-state index in [4.69, 9.17) is 5.11 Å². The summed E-state index contributed by atoms with van der Waals surface area (Å²) >= 11 is 0. The highest BCUT2D eigenvalue weighted by atomic mass is 16.4. The van der Waals surface area contributed by atoms with Gasteiger partial charge in [-0.15, -0.1) is 0 Å². The molecule has 0 aromatic rings. The summed E-state index contributed by atoms with van der Waals surface area (Å²) in [6.45, 7) is 6.20. The van der Waals surface area contributed by atoms with Crippen molar-refractivity contribution in [3.05, 3.63) is 0 Å². The maximum absolute atomic E-state index is 11.0. The molecule has 0 bridgehead atoms. The molecule has 0 fully saturated rings. The fourth-order valence-corrected chi connectivity index (χ4v) is 1.83. The third kappa shape index (κ3) is 4.09. The molecular weight excluding hydrogens is 178 g/mol. The van der Waals surface area contributed by atoms with E-state index in [1.165, 1.54) is 0 Å². The second-order valence-corrected chi connectivity index (χ2v) is 4.51. The first kappa shape index (κ1) is 13.4. The van der Waals surface area contributed by atoms with Crippen LogP contribution in [0, 0.1) is 11.8 Å². The lowest BCUT2D eigenvalue weighted by Crippen LogP contribution is -2.40. The zero-order chi connectivity index (χ0) is 11.3. The van der Waals surface area contributed by atoms with Crippen LogP contribution in [0.3, 0.4) is 0 Å². The summed E-state index contributed by atoms with van der Waals surface area (Å²) in [5.41, 5.74) is 0. The quantitative estimate of drug-likeness (QED) is 0.715. The minimum atomic E-state index is -0.674. The van der Waals surface area contributed by atoms with Crippen LogP contribution in [-0.2, 0) is 4.79 Å². The molecule has 0 rings (SSSR count). The Labute approximate surface area is 87.1 Å². The molecule has 84 valence electrons. The van der Waals surface area contributed by atoms with Gasteiger partial charge in [-0.1, -0.05) is 20.8 Å². The molecular formula is C11H23NO2. The Balaban J connectivity index is 4.52. The summed E-state index contributed by atoms with van der Waals surface area (Å²) in [4.78, 5) is 13.1. The predicted octanol–water partition coefficient (Wildman–Crippen LogP) is 2.07. The zero-order valence-corrected chi connectivity index (χ0v) is 9.95. The Hall–Kier alpha value is -0.570. The predicted molar refractivity (Wildman–Crippen MR) is 58.3 cm³/mol. The van der Waals surface area contributed by atoms with E-state index < -0.39 is 5.97 Å². The van der Waals surface area contributed by atoms with Crippen molar-refractivity contribution in [2.75, 3.05) is 14.1 Å². The van der Waals surface area contributed by atoms with E-state index in [1.54, 1.807) is 0 Å². The maximum atomic E-state index is 11.0. The van der Waals surface area contributed by atoms with Gasteiger partial charge in [-0.05, 0) is 32.9 Å². The highest BCUT2D eigenvalue weighted by Gasteiger charge is 2.28. The Morgan fingerprint density at radius 2 is 1.86 bits per heavy atom. The summed E-state index contributed by atoms with van der Waals surface area (Å²) in [5.74, 6) is -0.380. The third-order valence-electron chi connectivity index (χ3n) is 2.60. The summed E-state index contributed by atoms with van der Waals surface area (Å²) in [7, 11) is 3.91. The van der Waals surface area contributed by atoms with Crippen LogP contribution in [-0.4, -0.2) is 36.1 Å². The van der Waals surface area contributed by atoms with Gasteiger partial charge in [-0.25, -0.2) is 0 Å². The summed E-state index contributed by atoms with van der Waals surface area (Å²) < 4.78 is 0. The van der Waals surface area contributed by atoms with Crippen LogP contribution in [0.2, 0.25) is 0 Å². The number of hydrogen-bond donors (Lipinski definition) is 1. The van der Waals surface area contributed by atoms with Gasteiger partial charge < -0.3 is 10.0 Å². The van der Waals surface area contributed by atoms with Gasteiger partial charge in [0.2, 0.25) is 0 Å². The molecule has 0 saturated carbocycles. The van der Waals surface area contributed by atoms with Gasteiger partial charge in [0.1, 0.15) is 0 Å². The lowest BCUT2D eigenvalue weighted by molar-refractivity contribution is -0.144. The highest BCUT2D eigenvalue weighted by molar-refractivity contribution is 5.70. The van der Waals surface area contributed by atoms with Crippen LogP contribution in [0.15, 0.2) is 0 Å². The lowest BCUT2D eigenvalue weighted by Gasteiger charge is -2.30. The molecule has 0 aliphatic carbocycles. The fourth-order valence-electron chi connectivity index (χ4n) is 1.83. The Kier molecular flexibility index (Phi) is 5.77. The van der Waals surface area contributed by atoms with Crippen molar-refractivity contribution in [3.8, 4) is 0 Å². The van der Waals surface area contributed by atoms with E-state index in [0.717, 1.165) is 6.42 Å². The summed E-state index contributed by atoms with van der Waals surface area (Å²) in [5, 5.41) is 9.08. The number of aliphatic carboxylic acids is 1. The normalized spacial score (nSPS) is 15.9. The molecule has 0 spiro atoms. The van der Waals surface area contributed by atoms with Crippen molar-refractivity contribution in [2.24, 2.45) is 11.8 Å². The molecule has 0 radical (unpaired) electrons. The number of hydrogen-bond acceptors (Lipinski definition) is 2. The topological polar surface area (TPSA) is 40.5 Å². The van der Waals surface area contributed by atoms with Gasteiger partial charge in [0.15, 0.2) is 0 Å². The molecule has 14 heavy (non-hydrogen) atoms. The second-order valence-electron chi connectivity index (χ2n) is 4.51. The minimum Gasteiger partial charge on any atom is -0.481 e. The van der Waals surface area contributed by atoms with Crippen molar-refractivity contribution in [3.63, 3.8) is 0 Å². The van der Waals surface area contributed by atoms with E-state index in [-0.39, 0.29) is 12.0 Å². The van der Waals surface area contributed by atoms with Crippen LogP contribution in [0.1, 0.15) is 33.6 Å². The van der Waals surface area contributed by atoms with Crippen molar-refractivity contribution in [1.29, 1.82) is 0 Å². The first-order valence-electron chi connectivity index (χ1n) is 5.29. The molecule has 0 aromatic carbocycles.